The summed E-state index contributed by atoms with van der Waals surface area (Å²) in [5, 5.41) is 11.5. The van der Waals surface area contributed by atoms with Crippen LogP contribution in [-0.4, -0.2) is 24.6 Å². The van der Waals surface area contributed by atoms with Crippen molar-refractivity contribution in [3.63, 3.8) is 0 Å². The highest BCUT2D eigenvalue weighted by Crippen LogP contribution is 2.00. The highest BCUT2D eigenvalue weighted by atomic mass is 19.1. The van der Waals surface area contributed by atoms with Gasteiger partial charge in [0.05, 0.1) is 6.61 Å². The molecule has 0 aromatic heterocycles. The number of halogens is 1. The van der Waals surface area contributed by atoms with Crippen LogP contribution in [0.1, 0.15) is 5.56 Å². The van der Waals surface area contributed by atoms with Crippen LogP contribution in [0, 0.1) is 17.7 Å². The van der Waals surface area contributed by atoms with Gasteiger partial charge in [0, 0.05) is 12.7 Å². The van der Waals surface area contributed by atoms with Crippen LogP contribution in [0.4, 0.5) is 4.39 Å². The van der Waals surface area contributed by atoms with Gasteiger partial charge in [0.2, 0.25) is 0 Å². The van der Waals surface area contributed by atoms with Gasteiger partial charge in [0.15, 0.2) is 5.71 Å². The molecule has 1 aromatic carbocycles. The molecule has 0 unspecified atom stereocenters. The van der Waals surface area contributed by atoms with Crippen molar-refractivity contribution in [1.29, 1.82) is 0 Å². The molecule has 78 valence electrons. The average Bonchev–Trinajstić information content (AvgIpc) is 2.26. The summed E-state index contributed by atoms with van der Waals surface area (Å²) in [6.07, 6.45) is 0. The van der Waals surface area contributed by atoms with E-state index < -0.39 is 0 Å². The minimum Gasteiger partial charge on any atom is -0.410 e. The molecule has 0 spiro atoms. The summed E-state index contributed by atoms with van der Waals surface area (Å²) in [6, 6.07) is 5.72. The zero-order chi connectivity index (χ0) is 11.1. The van der Waals surface area contributed by atoms with Crippen molar-refractivity contribution >= 4 is 5.71 Å². The summed E-state index contributed by atoms with van der Waals surface area (Å²) in [6.45, 7) is 0.144. The third-order valence-corrected chi connectivity index (χ3v) is 1.60. The lowest BCUT2D eigenvalue weighted by molar-refractivity contribution is 0.238. The molecule has 3 nitrogen and oxygen atoms in total. The molecule has 0 saturated carbocycles. The highest BCUT2D eigenvalue weighted by Gasteiger charge is 1.93. The number of hydrogen-bond donors (Lipinski definition) is 1. The topological polar surface area (TPSA) is 41.8 Å². The Morgan fingerprint density at radius 3 is 2.67 bits per heavy atom. The van der Waals surface area contributed by atoms with Gasteiger partial charge < -0.3 is 9.94 Å². The fraction of sp³-hybridized carbons (Fsp3) is 0.182. The zero-order valence-electron chi connectivity index (χ0n) is 8.20. The molecule has 4 heteroatoms. The Balaban J connectivity index is 2.76. The molecular weight excluding hydrogens is 197 g/mol. The number of rotatable bonds is 2. The van der Waals surface area contributed by atoms with Crippen molar-refractivity contribution in [2.45, 2.75) is 0 Å². The second kappa shape index (κ2) is 5.78. The summed E-state index contributed by atoms with van der Waals surface area (Å²) in [5.74, 6) is 5.02. The molecule has 1 N–H and O–H groups in total. The van der Waals surface area contributed by atoms with E-state index in [9.17, 15) is 4.39 Å². The summed E-state index contributed by atoms with van der Waals surface area (Å²) in [4.78, 5) is 0. The van der Waals surface area contributed by atoms with Crippen LogP contribution in [0.25, 0.3) is 0 Å². The van der Waals surface area contributed by atoms with E-state index in [1.807, 2.05) is 0 Å². The van der Waals surface area contributed by atoms with E-state index in [1.165, 1.54) is 19.2 Å². The van der Waals surface area contributed by atoms with Crippen molar-refractivity contribution in [3.05, 3.63) is 35.6 Å². The van der Waals surface area contributed by atoms with Crippen molar-refractivity contribution in [1.82, 2.24) is 0 Å². The lowest BCUT2D eigenvalue weighted by Gasteiger charge is -1.92. The van der Waals surface area contributed by atoms with Crippen molar-refractivity contribution < 1.29 is 14.3 Å². The van der Waals surface area contributed by atoms with Crippen molar-refractivity contribution in [2.75, 3.05) is 13.7 Å². The number of nitrogens with zero attached hydrogens (tertiary/aromatic N) is 1. The maximum atomic E-state index is 12.5. The smallest absolute Gasteiger partial charge is 0.155 e. The van der Waals surface area contributed by atoms with Gasteiger partial charge in [-0.05, 0) is 30.2 Å². The first kappa shape index (κ1) is 11.2. The molecule has 0 radical (unpaired) electrons. The van der Waals surface area contributed by atoms with Gasteiger partial charge in [-0.15, -0.1) is 0 Å². The van der Waals surface area contributed by atoms with Gasteiger partial charge in [-0.3, -0.25) is 0 Å². The second-order valence-corrected chi connectivity index (χ2v) is 2.74. The third-order valence-electron chi connectivity index (χ3n) is 1.60. The lowest BCUT2D eigenvalue weighted by Crippen LogP contribution is -2.03. The molecule has 0 aliphatic carbocycles. The fourth-order valence-electron chi connectivity index (χ4n) is 0.904. The molecule has 0 saturated heterocycles. The van der Waals surface area contributed by atoms with Gasteiger partial charge in [-0.2, -0.15) is 0 Å². The van der Waals surface area contributed by atoms with Crippen LogP contribution in [0.15, 0.2) is 29.4 Å². The van der Waals surface area contributed by atoms with Gasteiger partial charge in [0.1, 0.15) is 5.82 Å². The molecule has 0 aliphatic rings. The van der Waals surface area contributed by atoms with E-state index in [1.54, 1.807) is 12.1 Å². The fourth-order valence-corrected chi connectivity index (χ4v) is 0.904. The number of oxime groups is 1. The number of benzene rings is 1. The van der Waals surface area contributed by atoms with E-state index >= 15 is 0 Å². The maximum absolute atomic E-state index is 12.5. The Kier molecular flexibility index (Phi) is 4.32. The van der Waals surface area contributed by atoms with E-state index in [4.69, 9.17) is 9.94 Å². The van der Waals surface area contributed by atoms with E-state index in [-0.39, 0.29) is 18.1 Å². The van der Waals surface area contributed by atoms with Crippen LogP contribution >= 0.6 is 0 Å². The molecule has 0 aliphatic heterocycles. The van der Waals surface area contributed by atoms with E-state index in [0.29, 0.717) is 5.56 Å². The SMILES string of the molecule is COC/C(C#Cc1ccc(F)cc1)=N/O. The first-order chi connectivity index (χ1) is 7.26. The number of ether oxygens (including phenoxy) is 1. The summed E-state index contributed by atoms with van der Waals surface area (Å²) >= 11 is 0. The average molecular weight is 207 g/mol. The van der Waals surface area contributed by atoms with Crippen molar-refractivity contribution in [2.24, 2.45) is 5.16 Å². The standard InChI is InChI=1S/C11H10FNO2/c1-15-8-11(13-14)7-4-9-2-5-10(12)6-3-9/h2-3,5-6,14H,8H2,1H3/b13-11+. The first-order valence-corrected chi connectivity index (χ1v) is 4.23. The lowest BCUT2D eigenvalue weighted by atomic mass is 10.2. The molecule has 1 aromatic rings. The largest absolute Gasteiger partial charge is 0.410 e. The van der Waals surface area contributed by atoms with Crippen LogP contribution < -0.4 is 0 Å². The van der Waals surface area contributed by atoms with Crippen LogP contribution in [0.5, 0.6) is 0 Å². The molecular formula is C11H10FNO2. The van der Waals surface area contributed by atoms with Crippen LogP contribution in [0.2, 0.25) is 0 Å². The molecule has 0 fully saturated rings. The maximum Gasteiger partial charge on any atom is 0.155 e. The minimum atomic E-state index is -0.312. The van der Waals surface area contributed by atoms with Gasteiger partial charge >= 0.3 is 0 Å². The third kappa shape index (κ3) is 3.79. The highest BCUT2D eigenvalue weighted by molar-refractivity contribution is 6.01. The number of methoxy groups -OCH3 is 1. The monoisotopic (exact) mass is 207 g/mol. The second-order valence-electron chi connectivity index (χ2n) is 2.74. The zero-order valence-corrected chi connectivity index (χ0v) is 8.20. The summed E-state index contributed by atoms with van der Waals surface area (Å²) in [7, 11) is 1.48. The molecule has 0 bridgehead atoms. The Labute approximate surface area is 87.2 Å². The summed E-state index contributed by atoms with van der Waals surface area (Å²) in [5.41, 5.74) is 0.871. The van der Waals surface area contributed by atoms with E-state index in [0.717, 1.165) is 0 Å². The predicted octanol–water partition coefficient (Wildman–Crippen LogP) is 1.65. The molecule has 0 atom stereocenters. The van der Waals surface area contributed by atoms with Gasteiger partial charge in [-0.25, -0.2) is 4.39 Å². The van der Waals surface area contributed by atoms with Gasteiger partial charge in [-0.1, -0.05) is 11.1 Å². The quantitative estimate of drug-likeness (QED) is 0.347. The molecule has 15 heavy (non-hydrogen) atoms. The number of hydrogen-bond acceptors (Lipinski definition) is 3. The van der Waals surface area contributed by atoms with Crippen molar-refractivity contribution in [3.8, 4) is 11.8 Å². The summed E-state index contributed by atoms with van der Waals surface area (Å²) < 4.78 is 17.3. The normalized spacial score (nSPS) is 10.7. The Morgan fingerprint density at radius 1 is 1.47 bits per heavy atom. The molecule has 0 amide bonds. The van der Waals surface area contributed by atoms with E-state index in [2.05, 4.69) is 17.0 Å². The molecule has 1 rings (SSSR count). The first-order valence-electron chi connectivity index (χ1n) is 4.23. The predicted molar refractivity (Wildman–Crippen MR) is 54.4 cm³/mol. The minimum absolute atomic E-state index is 0.144. The Bertz CT molecular complexity index is 401. The molecule has 0 heterocycles. The Morgan fingerprint density at radius 2 is 2.13 bits per heavy atom. The van der Waals surface area contributed by atoms with Crippen LogP contribution in [-0.2, 0) is 4.74 Å². The van der Waals surface area contributed by atoms with Gasteiger partial charge in [0.25, 0.3) is 0 Å². The van der Waals surface area contributed by atoms with Crippen LogP contribution in [0.3, 0.4) is 0 Å². The Hall–Kier alpha value is -1.86.